The van der Waals surface area contributed by atoms with Crippen LogP contribution >= 0.6 is 0 Å². The first kappa shape index (κ1) is 37.3. The van der Waals surface area contributed by atoms with Crippen LogP contribution in [0.4, 0.5) is 0 Å². The summed E-state index contributed by atoms with van der Waals surface area (Å²) < 4.78 is 64.6. The van der Waals surface area contributed by atoms with Crippen LogP contribution < -0.4 is 59.1 Å². The van der Waals surface area contributed by atoms with E-state index in [1.807, 2.05) is 0 Å². The Morgan fingerprint density at radius 3 is 1.32 bits per heavy atom. The van der Waals surface area contributed by atoms with E-state index >= 15 is 0 Å². The minimum atomic E-state index is -4.61. The Kier molecular flexibility index (Phi) is 25.3. The fraction of sp³-hybridized carbons (Fsp3) is 1.00. The van der Waals surface area contributed by atoms with Crippen LogP contribution in [0, 0.1) is 0 Å². The van der Waals surface area contributed by atoms with Gasteiger partial charge in [0.2, 0.25) is 0 Å². The van der Waals surface area contributed by atoms with Crippen molar-refractivity contribution < 1.29 is 95.3 Å². The van der Waals surface area contributed by atoms with Crippen LogP contribution in [0.15, 0.2) is 0 Å². The van der Waals surface area contributed by atoms with Gasteiger partial charge in [-0.2, -0.15) is 0 Å². The summed E-state index contributed by atoms with van der Waals surface area (Å²) in [5.74, 6) is -1.92. The molecule has 176 valence electrons. The molecule has 0 spiro atoms. The van der Waals surface area contributed by atoms with Crippen LogP contribution in [-0.4, -0.2) is 84.4 Å². The Labute approximate surface area is 232 Å². The SMILES string of the molecule is CCCCCCCCCCCCN(CC(O)CS(=O)(=O)[O-])CC(O)CS(=O)(=O)[O-].[Na+].[Na+]. The molecule has 0 rings (SSSR count). The number of hydrogen-bond acceptors (Lipinski definition) is 9. The van der Waals surface area contributed by atoms with E-state index in [1.54, 1.807) is 0 Å². The van der Waals surface area contributed by atoms with E-state index in [9.17, 15) is 36.2 Å². The molecule has 0 saturated heterocycles. The molecule has 31 heavy (non-hydrogen) atoms. The van der Waals surface area contributed by atoms with Gasteiger partial charge < -0.3 is 19.3 Å². The first-order valence-electron chi connectivity index (χ1n) is 10.4. The van der Waals surface area contributed by atoms with Gasteiger partial charge >= 0.3 is 59.1 Å². The molecule has 2 N–H and O–H groups in total. The van der Waals surface area contributed by atoms with Crippen LogP contribution in [0.2, 0.25) is 0 Å². The summed E-state index contributed by atoms with van der Waals surface area (Å²) in [5, 5.41) is 19.6. The first-order chi connectivity index (χ1) is 13.4. The second-order valence-electron chi connectivity index (χ2n) is 7.70. The Bertz CT molecular complexity index is 578. The quantitative estimate of drug-likeness (QED) is 0.0996. The van der Waals surface area contributed by atoms with Gasteiger partial charge in [0.25, 0.3) is 0 Å². The van der Waals surface area contributed by atoms with Crippen molar-refractivity contribution in [2.24, 2.45) is 0 Å². The maximum Gasteiger partial charge on any atom is 1.00 e. The van der Waals surface area contributed by atoms with E-state index in [0.29, 0.717) is 13.0 Å². The fourth-order valence-electron chi connectivity index (χ4n) is 3.25. The second kappa shape index (κ2) is 21.0. The van der Waals surface area contributed by atoms with Crippen molar-refractivity contribution in [1.29, 1.82) is 0 Å². The molecule has 0 bridgehead atoms. The first-order valence-corrected chi connectivity index (χ1v) is 13.5. The number of aliphatic hydroxyl groups excluding tert-OH is 2. The van der Waals surface area contributed by atoms with E-state index in [4.69, 9.17) is 0 Å². The number of hydrogen-bond donors (Lipinski definition) is 2. The molecule has 2 unspecified atom stereocenters. The summed E-state index contributed by atoms with van der Waals surface area (Å²) >= 11 is 0. The van der Waals surface area contributed by atoms with Gasteiger partial charge in [-0.15, -0.1) is 0 Å². The van der Waals surface area contributed by atoms with Gasteiger partial charge in [0.15, 0.2) is 0 Å². The van der Waals surface area contributed by atoms with E-state index in [2.05, 4.69) is 6.92 Å². The molecule has 9 nitrogen and oxygen atoms in total. The number of nitrogens with zero attached hydrogens (tertiary/aromatic N) is 1. The molecular formula is C18H37NNa2O8S2. The van der Waals surface area contributed by atoms with Gasteiger partial charge in [-0.3, -0.25) is 4.90 Å². The minimum Gasteiger partial charge on any atom is -0.748 e. The van der Waals surface area contributed by atoms with Gasteiger partial charge in [-0.25, -0.2) is 16.8 Å². The Balaban J connectivity index is -0.00000392. The average molecular weight is 506 g/mol. The third-order valence-corrected chi connectivity index (χ3v) is 6.14. The van der Waals surface area contributed by atoms with Crippen LogP contribution in [0.3, 0.4) is 0 Å². The largest absolute Gasteiger partial charge is 1.00 e. The van der Waals surface area contributed by atoms with Gasteiger partial charge in [0, 0.05) is 13.1 Å². The second-order valence-corrected chi connectivity index (χ2v) is 10.6. The van der Waals surface area contributed by atoms with Crippen molar-refractivity contribution >= 4 is 20.2 Å². The van der Waals surface area contributed by atoms with E-state index in [-0.39, 0.29) is 72.2 Å². The minimum absolute atomic E-state index is 0. The maximum atomic E-state index is 10.8. The number of aliphatic hydroxyl groups is 2. The van der Waals surface area contributed by atoms with E-state index < -0.39 is 43.9 Å². The molecule has 13 heteroatoms. The molecule has 0 amide bonds. The predicted molar refractivity (Wildman–Crippen MR) is 109 cm³/mol. The summed E-state index contributed by atoms with van der Waals surface area (Å²) in [5.41, 5.74) is 0. The zero-order chi connectivity index (χ0) is 22.3. The van der Waals surface area contributed by atoms with Gasteiger partial charge in [-0.1, -0.05) is 64.7 Å². The molecule has 0 aromatic heterocycles. The van der Waals surface area contributed by atoms with Crippen LogP contribution in [0.25, 0.3) is 0 Å². The van der Waals surface area contributed by atoms with Crippen molar-refractivity contribution in [1.82, 2.24) is 4.90 Å². The zero-order valence-corrected chi connectivity index (χ0v) is 25.0. The summed E-state index contributed by atoms with van der Waals surface area (Å²) in [6.45, 7) is 2.17. The van der Waals surface area contributed by atoms with E-state index in [0.717, 1.165) is 19.3 Å². The summed E-state index contributed by atoms with van der Waals surface area (Å²) in [6.07, 6.45) is 8.27. The summed E-state index contributed by atoms with van der Waals surface area (Å²) in [7, 11) is -9.21. The van der Waals surface area contributed by atoms with Crippen molar-refractivity contribution in [2.75, 3.05) is 31.1 Å². The van der Waals surface area contributed by atoms with Crippen molar-refractivity contribution in [2.45, 2.75) is 83.3 Å². The monoisotopic (exact) mass is 505 g/mol. The van der Waals surface area contributed by atoms with E-state index in [1.165, 1.54) is 43.4 Å². The third-order valence-electron chi connectivity index (χ3n) is 4.56. The Morgan fingerprint density at radius 2 is 1.00 bits per heavy atom. The summed E-state index contributed by atoms with van der Waals surface area (Å²) in [6, 6.07) is 0. The van der Waals surface area contributed by atoms with Crippen molar-refractivity contribution in [3.63, 3.8) is 0 Å². The molecule has 0 saturated carbocycles. The number of rotatable bonds is 19. The molecule has 0 aromatic carbocycles. The van der Waals surface area contributed by atoms with Gasteiger partial charge in [0.05, 0.1) is 43.9 Å². The average Bonchev–Trinajstić information content (AvgIpc) is 2.52. The molecule has 0 aromatic rings. The standard InChI is InChI=1S/C18H39NO8S2.2Na/c1-2-3-4-5-6-7-8-9-10-11-12-19(13-17(20)15-28(22,23)24)14-18(21)16-29(25,26)27;;/h17-18,20-21H,2-16H2,1H3,(H,22,23,24)(H,25,26,27);;/q;2*+1/p-2. The predicted octanol–water partition coefficient (Wildman–Crippen LogP) is -4.97. The molecular weight excluding hydrogens is 468 g/mol. The van der Waals surface area contributed by atoms with Crippen molar-refractivity contribution in [3.8, 4) is 0 Å². The van der Waals surface area contributed by atoms with Crippen LogP contribution in [-0.2, 0) is 20.2 Å². The van der Waals surface area contributed by atoms with Gasteiger partial charge in [0.1, 0.15) is 0 Å². The molecule has 0 aliphatic carbocycles. The maximum absolute atomic E-state index is 10.8. The molecule has 0 aliphatic rings. The third kappa shape index (κ3) is 27.8. The number of unbranched alkanes of at least 4 members (excludes halogenated alkanes) is 9. The van der Waals surface area contributed by atoms with Crippen molar-refractivity contribution in [3.05, 3.63) is 0 Å². The molecule has 0 fully saturated rings. The fourth-order valence-corrected chi connectivity index (χ4v) is 4.41. The summed E-state index contributed by atoms with van der Waals surface area (Å²) in [4.78, 5) is 1.50. The normalized spacial score (nSPS) is 14.0. The van der Waals surface area contributed by atoms with Crippen LogP contribution in [0.1, 0.15) is 71.1 Å². The Hall–Kier alpha value is 1.70. The van der Waals surface area contributed by atoms with Gasteiger partial charge in [-0.05, 0) is 13.0 Å². The Morgan fingerprint density at radius 1 is 0.677 bits per heavy atom. The van der Waals surface area contributed by atoms with Crippen LogP contribution in [0.5, 0.6) is 0 Å². The molecule has 0 radical (unpaired) electrons. The molecule has 0 heterocycles. The topological polar surface area (TPSA) is 158 Å². The smallest absolute Gasteiger partial charge is 0.748 e. The molecule has 2 atom stereocenters. The zero-order valence-electron chi connectivity index (χ0n) is 19.4. The molecule has 0 aliphatic heterocycles.